The predicted octanol–water partition coefficient (Wildman–Crippen LogP) is 6.04. The molecule has 0 aliphatic rings. The number of hydrogen-bond donors (Lipinski definition) is 0. The summed E-state index contributed by atoms with van der Waals surface area (Å²) in [5.74, 6) is 0. The third-order valence-corrected chi connectivity index (χ3v) is 3.12. The van der Waals surface area contributed by atoms with Crippen LogP contribution in [0, 0.1) is 0 Å². The number of alkyl halides is 6. The van der Waals surface area contributed by atoms with E-state index in [9.17, 15) is 26.3 Å². The molecule has 112 valence electrons. The van der Waals surface area contributed by atoms with Gasteiger partial charge in [0.2, 0.25) is 0 Å². The Labute approximate surface area is 121 Å². The standard InChI is InChI=1S/C14H7ClF6/c15-12-5-4-10(14(19,20)21)7-11(12)8-2-1-3-9(6-8)13(16,17)18/h1-7H. The largest absolute Gasteiger partial charge is 0.416 e. The first kappa shape index (κ1) is 15.7. The molecule has 0 amide bonds. The van der Waals surface area contributed by atoms with Crippen molar-refractivity contribution in [1.29, 1.82) is 0 Å². The van der Waals surface area contributed by atoms with Gasteiger partial charge >= 0.3 is 12.4 Å². The summed E-state index contributed by atoms with van der Waals surface area (Å²) >= 11 is 5.80. The molecule has 7 heteroatoms. The highest BCUT2D eigenvalue weighted by molar-refractivity contribution is 6.33. The van der Waals surface area contributed by atoms with Gasteiger partial charge in [-0.15, -0.1) is 0 Å². The van der Waals surface area contributed by atoms with Crippen molar-refractivity contribution in [3.63, 3.8) is 0 Å². The van der Waals surface area contributed by atoms with Gasteiger partial charge in [0, 0.05) is 10.6 Å². The lowest BCUT2D eigenvalue weighted by atomic mass is 10.0. The highest BCUT2D eigenvalue weighted by atomic mass is 35.5. The highest BCUT2D eigenvalue weighted by Gasteiger charge is 2.32. The number of benzene rings is 2. The summed E-state index contributed by atoms with van der Waals surface area (Å²) in [5.41, 5.74) is -2.05. The third kappa shape index (κ3) is 3.50. The Morgan fingerprint density at radius 3 is 1.86 bits per heavy atom. The van der Waals surface area contributed by atoms with Gasteiger partial charge in [0.1, 0.15) is 0 Å². The minimum absolute atomic E-state index is 0.0269. The second-order valence-electron chi connectivity index (χ2n) is 4.27. The molecule has 21 heavy (non-hydrogen) atoms. The van der Waals surface area contributed by atoms with Crippen LogP contribution in [-0.4, -0.2) is 0 Å². The zero-order valence-corrected chi connectivity index (χ0v) is 10.9. The van der Waals surface area contributed by atoms with Gasteiger partial charge in [0.25, 0.3) is 0 Å². The third-order valence-electron chi connectivity index (χ3n) is 2.79. The van der Waals surface area contributed by atoms with Gasteiger partial charge in [0.15, 0.2) is 0 Å². The normalized spacial score (nSPS) is 12.5. The summed E-state index contributed by atoms with van der Waals surface area (Å²) in [4.78, 5) is 0. The topological polar surface area (TPSA) is 0 Å². The second kappa shape index (κ2) is 5.26. The fourth-order valence-electron chi connectivity index (χ4n) is 1.79. The Bertz CT molecular complexity index is 657. The van der Waals surface area contributed by atoms with Crippen LogP contribution < -0.4 is 0 Å². The first-order valence-corrected chi connectivity index (χ1v) is 6.01. The number of hydrogen-bond acceptors (Lipinski definition) is 0. The average Bonchev–Trinajstić information content (AvgIpc) is 2.37. The van der Waals surface area contributed by atoms with Crippen LogP contribution in [-0.2, 0) is 12.4 Å². The Balaban J connectivity index is 2.57. The lowest BCUT2D eigenvalue weighted by Crippen LogP contribution is -2.06. The number of rotatable bonds is 1. The zero-order valence-electron chi connectivity index (χ0n) is 10.2. The Morgan fingerprint density at radius 1 is 0.714 bits per heavy atom. The fraction of sp³-hybridized carbons (Fsp3) is 0.143. The van der Waals surface area contributed by atoms with Gasteiger partial charge in [-0.3, -0.25) is 0 Å². The molecule has 0 atom stereocenters. The molecule has 0 unspecified atom stereocenters. The fourth-order valence-corrected chi connectivity index (χ4v) is 2.01. The molecular formula is C14H7ClF6. The van der Waals surface area contributed by atoms with E-state index in [2.05, 4.69) is 0 Å². The van der Waals surface area contributed by atoms with Crippen molar-refractivity contribution in [2.45, 2.75) is 12.4 Å². The van der Waals surface area contributed by atoms with Crippen molar-refractivity contribution >= 4 is 11.6 Å². The van der Waals surface area contributed by atoms with Crippen LogP contribution in [0.1, 0.15) is 11.1 Å². The average molecular weight is 325 g/mol. The summed E-state index contributed by atoms with van der Waals surface area (Å²) in [6, 6.07) is 6.52. The first-order chi connectivity index (χ1) is 9.59. The zero-order chi connectivity index (χ0) is 15.8. The Hall–Kier alpha value is -1.69. The minimum Gasteiger partial charge on any atom is -0.166 e. The van der Waals surface area contributed by atoms with E-state index in [1.165, 1.54) is 6.07 Å². The van der Waals surface area contributed by atoms with Crippen molar-refractivity contribution in [2.24, 2.45) is 0 Å². The molecule has 2 aromatic rings. The molecule has 0 radical (unpaired) electrons. The lowest BCUT2D eigenvalue weighted by molar-refractivity contribution is -0.138. The molecule has 0 saturated heterocycles. The van der Waals surface area contributed by atoms with Crippen LogP contribution in [0.5, 0.6) is 0 Å². The van der Waals surface area contributed by atoms with E-state index in [0.717, 1.165) is 36.4 Å². The number of halogens is 7. The SMILES string of the molecule is FC(F)(F)c1cccc(-c2cc(C(F)(F)F)ccc2Cl)c1. The maximum absolute atomic E-state index is 12.7. The summed E-state index contributed by atoms with van der Waals surface area (Å²) in [7, 11) is 0. The van der Waals surface area contributed by atoms with E-state index in [4.69, 9.17) is 11.6 Å². The molecule has 0 aliphatic carbocycles. The second-order valence-corrected chi connectivity index (χ2v) is 4.68. The maximum atomic E-state index is 12.7. The van der Waals surface area contributed by atoms with Crippen LogP contribution in [0.2, 0.25) is 5.02 Å². The Morgan fingerprint density at radius 2 is 1.29 bits per heavy atom. The molecule has 0 aliphatic heterocycles. The van der Waals surface area contributed by atoms with Gasteiger partial charge in [-0.25, -0.2) is 0 Å². The summed E-state index contributed by atoms with van der Waals surface area (Å²) < 4.78 is 75.9. The quantitative estimate of drug-likeness (QED) is 0.561. The summed E-state index contributed by atoms with van der Waals surface area (Å²) in [6.07, 6.45) is -9.18. The van der Waals surface area contributed by atoms with Crippen molar-refractivity contribution < 1.29 is 26.3 Å². The summed E-state index contributed by atoms with van der Waals surface area (Å²) in [5, 5.41) is -0.0534. The highest BCUT2D eigenvalue weighted by Crippen LogP contribution is 2.38. The molecular weight excluding hydrogens is 318 g/mol. The predicted molar refractivity (Wildman–Crippen MR) is 66.9 cm³/mol. The minimum atomic E-state index is -4.60. The molecule has 0 fully saturated rings. The van der Waals surface area contributed by atoms with Crippen LogP contribution in [0.25, 0.3) is 11.1 Å². The van der Waals surface area contributed by atoms with E-state index in [1.807, 2.05) is 0 Å². The molecule has 0 N–H and O–H groups in total. The maximum Gasteiger partial charge on any atom is 0.416 e. The monoisotopic (exact) mass is 324 g/mol. The van der Waals surface area contributed by atoms with Gasteiger partial charge in [-0.2, -0.15) is 26.3 Å². The molecule has 0 bridgehead atoms. The first-order valence-electron chi connectivity index (χ1n) is 5.63. The van der Waals surface area contributed by atoms with E-state index in [0.29, 0.717) is 0 Å². The van der Waals surface area contributed by atoms with Crippen LogP contribution in [0.15, 0.2) is 42.5 Å². The van der Waals surface area contributed by atoms with E-state index in [1.54, 1.807) is 0 Å². The van der Waals surface area contributed by atoms with Crippen LogP contribution in [0.4, 0.5) is 26.3 Å². The molecule has 0 aromatic heterocycles. The molecule has 2 aromatic carbocycles. The van der Waals surface area contributed by atoms with Crippen LogP contribution in [0.3, 0.4) is 0 Å². The van der Waals surface area contributed by atoms with E-state index in [-0.39, 0.29) is 16.1 Å². The molecule has 2 rings (SSSR count). The van der Waals surface area contributed by atoms with Crippen molar-refractivity contribution in [2.75, 3.05) is 0 Å². The van der Waals surface area contributed by atoms with Crippen molar-refractivity contribution in [3.8, 4) is 11.1 Å². The van der Waals surface area contributed by atoms with Crippen molar-refractivity contribution in [3.05, 3.63) is 58.6 Å². The van der Waals surface area contributed by atoms with Crippen LogP contribution >= 0.6 is 11.6 Å². The lowest BCUT2D eigenvalue weighted by Gasteiger charge is -2.12. The summed E-state index contributed by atoms with van der Waals surface area (Å²) in [6.45, 7) is 0. The Kier molecular flexibility index (Phi) is 3.93. The molecule has 0 spiro atoms. The molecule has 0 saturated carbocycles. The van der Waals surface area contributed by atoms with Crippen molar-refractivity contribution in [1.82, 2.24) is 0 Å². The van der Waals surface area contributed by atoms with Gasteiger partial charge in [-0.1, -0.05) is 23.7 Å². The molecule has 0 heterocycles. The van der Waals surface area contributed by atoms with Gasteiger partial charge in [-0.05, 0) is 35.9 Å². The van der Waals surface area contributed by atoms with E-state index < -0.39 is 23.5 Å². The smallest absolute Gasteiger partial charge is 0.166 e. The van der Waals surface area contributed by atoms with Gasteiger partial charge in [0.05, 0.1) is 11.1 Å². The van der Waals surface area contributed by atoms with Gasteiger partial charge < -0.3 is 0 Å². The van der Waals surface area contributed by atoms with E-state index >= 15 is 0 Å². The molecule has 0 nitrogen and oxygen atoms in total.